The van der Waals surface area contributed by atoms with Crippen LogP contribution in [0.25, 0.3) is 11.1 Å². The molecule has 0 bridgehead atoms. The molecule has 29 heavy (non-hydrogen) atoms. The molecule has 1 aliphatic carbocycles. The topological polar surface area (TPSA) is 12.0 Å². The van der Waals surface area contributed by atoms with Crippen molar-refractivity contribution in [2.75, 3.05) is 0 Å². The first kappa shape index (κ1) is 23.0. The summed E-state index contributed by atoms with van der Waals surface area (Å²) in [7, 11) is 0. The second kappa shape index (κ2) is 7.17. The van der Waals surface area contributed by atoms with Crippen molar-refractivity contribution in [1.82, 2.24) is 3.26 Å². The predicted molar refractivity (Wildman–Crippen MR) is 126 cm³/mol. The van der Waals surface area contributed by atoms with Gasteiger partial charge in [0.15, 0.2) is 0 Å². The Bertz CT molecular complexity index is 931. The minimum atomic E-state index is -2.76. The summed E-state index contributed by atoms with van der Waals surface area (Å²) in [6.45, 7) is 21.0. The molecule has 0 saturated heterocycles. The number of hydrogen-bond acceptors (Lipinski definition) is 1. The van der Waals surface area contributed by atoms with Crippen LogP contribution in [-0.2, 0) is 37.8 Å². The molecule has 2 aromatic rings. The third-order valence-electron chi connectivity index (χ3n) is 6.06. The first-order valence-electron chi connectivity index (χ1n) is 11.1. The third kappa shape index (κ3) is 4.64. The van der Waals surface area contributed by atoms with E-state index in [4.69, 9.17) is 0 Å². The normalized spacial score (nSPS) is 14.7. The number of benzene rings is 2. The van der Waals surface area contributed by atoms with Crippen molar-refractivity contribution < 1.29 is 20.6 Å². The maximum absolute atomic E-state index is 4.13. The van der Waals surface area contributed by atoms with E-state index in [-0.39, 0.29) is 16.4 Å². The Labute approximate surface area is 184 Å². The number of rotatable bonds is 2. The molecular weight excluding hydrogens is 430 g/mol. The van der Waals surface area contributed by atoms with E-state index < -0.39 is 20.6 Å². The van der Waals surface area contributed by atoms with Crippen molar-refractivity contribution in [1.29, 1.82) is 0 Å². The van der Waals surface area contributed by atoms with Crippen molar-refractivity contribution in [2.45, 2.75) is 94.4 Å². The SMILES string of the molecule is CC(C)(C)[NH][Zr]([CH3])([CH3])[c]1c(C(C)(C)C)ccc2c1Cc1cc(C(C)(C)C)ccc1-2. The summed E-state index contributed by atoms with van der Waals surface area (Å²) < 4.78 is 11.0. The summed E-state index contributed by atoms with van der Waals surface area (Å²) in [4.78, 5) is 0. The molecule has 0 aliphatic heterocycles. The maximum atomic E-state index is 4.13. The molecule has 3 rings (SSSR count). The van der Waals surface area contributed by atoms with Gasteiger partial charge in [0.2, 0.25) is 0 Å². The van der Waals surface area contributed by atoms with Crippen LogP contribution in [0.3, 0.4) is 0 Å². The zero-order chi connectivity index (χ0) is 22.0. The molecule has 0 saturated carbocycles. The molecule has 0 radical (unpaired) electrons. The zero-order valence-electron chi connectivity index (χ0n) is 20.6. The van der Waals surface area contributed by atoms with Gasteiger partial charge in [0.1, 0.15) is 0 Å². The Balaban J connectivity index is 2.23. The quantitative estimate of drug-likeness (QED) is 0.424. The molecule has 0 atom stereocenters. The Hall–Kier alpha value is -0.717. The molecule has 0 aromatic heterocycles. The van der Waals surface area contributed by atoms with Gasteiger partial charge in [0.05, 0.1) is 0 Å². The first-order valence-corrected chi connectivity index (χ1v) is 18.5. The van der Waals surface area contributed by atoms with Crippen molar-refractivity contribution >= 4 is 3.27 Å². The molecule has 1 N–H and O–H groups in total. The summed E-state index contributed by atoms with van der Waals surface area (Å²) in [5.74, 6) is 0. The fraction of sp³-hybridized carbons (Fsp3) is 0.556. The van der Waals surface area contributed by atoms with Crippen molar-refractivity contribution in [2.24, 2.45) is 0 Å². The summed E-state index contributed by atoms with van der Waals surface area (Å²) in [5.41, 5.74) is 9.53. The van der Waals surface area contributed by atoms with Crippen molar-refractivity contribution in [3.63, 3.8) is 0 Å². The van der Waals surface area contributed by atoms with Gasteiger partial charge in [0.25, 0.3) is 0 Å². The van der Waals surface area contributed by atoms with Gasteiger partial charge >= 0.3 is 185 Å². The molecule has 1 aliphatic rings. The Morgan fingerprint density at radius 2 is 1.34 bits per heavy atom. The van der Waals surface area contributed by atoms with E-state index in [2.05, 4.69) is 105 Å². The van der Waals surface area contributed by atoms with Gasteiger partial charge in [0, 0.05) is 0 Å². The monoisotopic (exact) mass is 469 g/mol. The molecule has 158 valence electrons. The molecule has 0 fully saturated rings. The van der Waals surface area contributed by atoms with Crippen LogP contribution in [0.4, 0.5) is 0 Å². The first-order chi connectivity index (χ1) is 13.0. The van der Waals surface area contributed by atoms with Crippen LogP contribution in [0.1, 0.15) is 84.6 Å². The molecule has 0 amide bonds. The van der Waals surface area contributed by atoms with Crippen LogP contribution < -0.4 is 6.53 Å². The van der Waals surface area contributed by atoms with Crippen LogP contribution in [0.2, 0.25) is 9.26 Å². The summed E-state index contributed by atoms with van der Waals surface area (Å²) >= 11 is -2.76. The fourth-order valence-electron chi connectivity index (χ4n) is 5.08. The van der Waals surface area contributed by atoms with Gasteiger partial charge in [-0.15, -0.1) is 0 Å². The van der Waals surface area contributed by atoms with Crippen LogP contribution in [0.15, 0.2) is 30.3 Å². The summed E-state index contributed by atoms with van der Waals surface area (Å²) in [6.07, 6.45) is 1.08. The second-order valence-corrected chi connectivity index (χ2v) is 22.4. The van der Waals surface area contributed by atoms with E-state index in [9.17, 15) is 0 Å². The van der Waals surface area contributed by atoms with Gasteiger partial charge in [-0.3, -0.25) is 0 Å². The average molecular weight is 471 g/mol. The summed E-state index contributed by atoms with van der Waals surface area (Å²) in [5, 5.41) is 0. The van der Waals surface area contributed by atoms with Gasteiger partial charge in [-0.2, -0.15) is 0 Å². The second-order valence-electron chi connectivity index (χ2n) is 12.6. The Kier molecular flexibility index (Phi) is 5.67. The van der Waals surface area contributed by atoms with Gasteiger partial charge in [-0.25, -0.2) is 0 Å². The molecule has 2 heteroatoms. The van der Waals surface area contributed by atoms with E-state index in [0.29, 0.717) is 0 Å². The Morgan fingerprint density at radius 1 is 0.759 bits per heavy atom. The van der Waals surface area contributed by atoms with E-state index in [1.54, 1.807) is 14.4 Å². The predicted octanol–water partition coefficient (Wildman–Crippen LogP) is 7.03. The molecule has 2 aromatic carbocycles. The number of hydrogen-bond donors (Lipinski definition) is 1. The summed E-state index contributed by atoms with van der Waals surface area (Å²) in [6, 6.07) is 12.0. The van der Waals surface area contributed by atoms with Crippen LogP contribution in [0.5, 0.6) is 0 Å². The van der Waals surface area contributed by atoms with E-state index in [1.165, 1.54) is 22.3 Å². The molecular formula is C27H41NZr. The van der Waals surface area contributed by atoms with Gasteiger partial charge in [-0.05, 0) is 0 Å². The number of fused-ring (bicyclic) bond motifs is 3. The van der Waals surface area contributed by atoms with E-state index in [1.807, 2.05) is 0 Å². The van der Waals surface area contributed by atoms with Gasteiger partial charge < -0.3 is 0 Å². The molecule has 0 heterocycles. The van der Waals surface area contributed by atoms with Crippen LogP contribution in [0, 0.1) is 0 Å². The third-order valence-corrected chi connectivity index (χ3v) is 13.9. The van der Waals surface area contributed by atoms with E-state index >= 15 is 0 Å². The fourth-order valence-corrected chi connectivity index (χ4v) is 15.2. The standard InChI is InChI=1S/C21H25.C4H10N.2CH3.Zr/c1-20(2,3)16-7-9-18-14(12-16)11-15-13-17(21(4,5)6)8-10-19(15)18;1-4(2,3)5;;;/h7-10,12H,11H2,1-6H3;5H,1-3H3;2*1H3;/q;-1;;;+1. The van der Waals surface area contributed by atoms with E-state index in [0.717, 1.165) is 6.42 Å². The average Bonchev–Trinajstić information content (AvgIpc) is 2.87. The number of nitrogens with one attached hydrogen (secondary N) is 1. The van der Waals surface area contributed by atoms with Crippen LogP contribution >= 0.6 is 0 Å². The molecule has 0 unspecified atom stereocenters. The molecule has 0 spiro atoms. The Morgan fingerprint density at radius 3 is 1.86 bits per heavy atom. The minimum absolute atomic E-state index is 0.141. The zero-order valence-corrected chi connectivity index (χ0v) is 23.1. The van der Waals surface area contributed by atoms with Crippen LogP contribution in [-0.4, -0.2) is 5.54 Å². The van der Waals surface area contributed by atoms with Crippen molar-refractivity contribution in [3.05, 3.63) is 52.6 Å². The molecule has 1 nitrogen and oxygen atoms in total. The van der Waals surface area contributed by atoms with Gasteiger partial charge in [-0.1, -0.05) is 0 Å². The van der Waals surface area contributed by atoms with Crippen molar-refractivity contribution in [3.8, 4) is 11.1 Å².